The van der Waals surface area contributed by atoms with Crippen molar-refractivity contribution in [3.8, 4) is 0 Å². The number of hydrogen-bond donors (Lipinski definition) is 0. The summed E-state index contributed by atoms with van der Waals surface area (Å²) in [6.07, 6.45) is 3.96. The zero-order chi connectivity index (χ0) is 14.7. The zero-order valence-corrected chi connectivity index (χ0v) is 13.0. The van der Waals surface area contributed by atoms with E-state index in [2.05, 4.69) is 34.1 Å². The van der Waals surface area contributed by atoms with Crippen LogP contribution in [0.2, 0.25) is 5.02 Å². The van der Waals surface area contributed by atoms with Gasteiger partial charge >= 0.3 is 0 Å². The molecule has 0 bridgehead atoms. The lowest BCUT2D eigenvalue weighted by molar-refractivity contribution is 0.195. The van der Waals surface area contributed by atoms with Crippen LogP contribution in [0.1, 0.15) is 18.5 Å². The van der Waals surface area contributed by atoms with E-state index in [9.17, 15) is 0 Å². The molecule has 112 valence electrons. The zero-order valence-electron chi connectivity index (χ0n) is 12.2. The van der Waals surface area contributed by atoms with Crippen molar-refractivity contribution in [1.82, 2.24) is 10.1 Å². The molecule has 1 aromatic heterocycles. The van der Waals surface area contributed by atoms with Crippen molar-refractivity contribution in [1.29, 1.82) is 0 Å². The van der Waals surface area contributed by atoms with E-state index in [0.29, 0.717) is 6.04 Å². The van der Waals surface area contributed by atoms with Crippen molar-refractivity contribution in [2.45, 2.75) is 25.4 Å². The van der Waals surface area contributed by atoms with Gasteiger partial charge in [-0.05, 0) is 44.2 Å². The van der Waals surface area contributed by atoms with Crippen LogP contribution in [0.25, 0.3) is 0 Å². The second-order valence-electron chi connectivity index (χ2n) is 5.60. The van der Waals surface area contributed by atoms with Crippen molar-refractivity contribution >= 4 is 17.3 Å². The van der Waals surface area contributed by atoms with Crippen LogP contribution in [0.5, 0.6) is 0 Å². The summed E-state index contributed by atoms with van der Waals surface area (Å²) in [4.78, 5) is 4.80. The highest BCUT2D eigenvalue weighted by Crippen LogP contribution is 2.24. The Morgan fingerprint density at radius 1 is 1.24 bits per heavy atom. The largest absolute Gasteiger partial charge is 0.371 e. The molecular weight excluding hydrogens is 286 g/mol. The lowest BCUT2D eigenvalue weighted by Gasteiger charge is -2.37. The van der Waals surface area contributed by atoms with Gasteiger partial charge in [0.1, 0.15) is 6.26 Å². The number of aromatic nitrogens is 1. The minimum absolute atomic E-state index is 0.602. The molecule has 0 spiro atoms. The van der Waals surface area contributed by atoms with Gasteiger partial charge in [0.2, 0.25) is 0 Å². The number of piperidine rings is 1. The first-order chi connectivity index (χ1) is 10.2. The number of benzene rings is 1. The first-order valence-electron chi connectivity index (χ1n) is 7.32. The van der Waals surface area contributed by atoms with Gasteiger partial charge in [-0.1, -0.05) is 16.8 Å². The van der Waals surface area contributed by atoms with Gasteiger partial charge < -0.3 is 9.42 Å². The van der Waals surface area contributed by atoms with E-state index in [1.54, 1.807) is 6.26 Å². The fraction of sp³-hybridized carbons (Fsp3) is 0.438. The van der Waals surface area contributed by atoms with E-state index in [0.717, 1.165) is 43.2 Å². The molecule has 0 unspecified atom stereocenters. The van der Waals surface area contributed by atoms with Crippen molar-refractivity contribution < 1.29 is 4.52 Å². The predicted octanol–water partition coefficient (Wildman–Crippen LogP) is 3.43. The second-order valence-corrected chi connectivity index (χ2v) is 6.04. The van der Waals surface area contributed by atoms with Gasteiger partial charge in [0.05, 0.1) is 5.69 Å². The number of nitrogens with zero attached hydrogens (tertiary/aromatic N) is 3. The number of anilines is 1. The van der Waals surface area contributed by atoms with Crippen molar-refractivity contribution in [2.75, 3.05) is 25.0 Å². The molecule has 0 saturated carbocycles. The Hall–Kier alpha value is -1.52. The van der Waals surface area contributed by atoms with Crippen LogP contribution in [0.3, 0.4) is 0 Å². The maximum Gasteiger partial charge on any atom is 0.124 e. The highest BCUT2D eigenvalue weighted by molar-refractivity contribution is 6.30. The number of halogens is 1. The normalized spacial score (nSPS) is 16.6. The molecule has 1 fully saturated rings. The quantitative estimate of drug-likeness (QED) is 0.866. The van der Waals surface area contributed by atoms with Crippen molar-refractivity contribution in [3.05, 3.63) is 47.3 Å². The van der Waals surface area contributed by atoms with Gasteiger partial charge in [-0.15, -0.1) is 0 Å². The number of rotatable bonds is 4. The monoisotopic (exact) mass is 305 g/mol. The van der Waals surface area contributed by atoms with Gasteiger partial charge in [0.15, 0.2) is 0 Å². The highest BCUT2D eigenvalue weighted by Gasteiger charge is 2.23. The van der Waals surface area contributed by atoms with Gasteiger partial charge in [-0.2, -0.15) is 0 Å². The average Bonchev–Trinajstić information content (AvgIpc) is 3.01. The second kappa shape index (κ2) is 6.50. The molecule has 1 saturated heterocycles. The smallest absolute Gasteiger partial charge is 0.124 e. The lowest BCUT2D eigenvalue weighted by Crippen LogP contribution is -2.43. The van der Waals surface area contributed by atoms with E-state index < -0.39 is 0 Å². The van der Waals surface area contributed by atoms with Crippen LogP contribution in [-0.4, -0.2) is 36.2 Å². The number of hydrogen-bond acceptors (Lipinski definition) is 4. The van der Waals surface area contributed by atoms with Gasteiger partial charge in [-0.25, -0.2) is 0 Å². The average molecular weight is 306 g/mol. The first kappa shape index (κ1) is 14.4. The summed E-state index contributed by atoms with van der Waals surface area (Å²) >= 11 is 5.94. The molecule has 0 radical (unpaired) electrons. The molecule has 3 rings (SSSR count). The first-order valence-corrected chi connectivity index (χ1v) is 7.70. The fourth-order valence-electron chi connectivity index (χ4n) is 2.92. The minimum atomic E-state index is 0.602. The van der Waals surface area contributed by atoms with Gasteiger partial charge in [0.25, 0.3) is 0 Å². The summed E-state index contributed by atoms with van der Waals surface area (Å²) in [5.41, 5.74) is 2.26. The standard InChI is InChI=1S/C16H20ClN3O/c1-19(12-14-8-11-21-18-14)15-6-9-20(10-7-15)16-4-2-13(17)3-5-16/h2-5,8,11,15H,6-7,9-10,12H2,1H3. The Bertz CT molecular complexity index is 547. The molecule has 5 heteroatoms. The molecule has 21 heavy (non-hydrogen) atoms. The van der Waals surface area contributed by atoms with Crippen LogP contribution in [0, 0.1) is 0 Å². The summed E-state index contributed by atoms with van der Waals surface area (Å²) in [7, 11) is 2.16. The van der Waals surface area contributed by atoms with E-state index in [1.807, 2.05) is 18.2 Å². The van der Waals surface area contributed by atoms with E-state index in [4.69, 9.17) is 16.1 Å². The maximum absolute atomic E-state index is 5.94. The molecule has 4 nitrogen and oxygen atoms in total. The van der Waals surface area contributed by atoms with E-state index in [-0.39, 0.29) is 0 Å². The molecular formula is C16H20ClN3O. The fourth-order valence-corrected chi connectivity index (χ4v) is 3.05. The molecule has 0 atom stereocenters. The predicted molar refractivity (Wildman–Crippen MR) is 84.7 cm³/mol. The van der Waals surface area contributed by atoms with Crippen LogP contribution in [-0.2, 0) is 6.54 Å². The maximum atomic E-state index is 5.94. The Morgan fingerprint density at radius 3 is 2.57 bits per heavy atom. The summed E-state index contributed by atoms with van der Waals surface area (Å²) in [6.45, 7) is 3.01. The Kier molecular flexibility index (Phi) is 4.46. The van der Waals surface area contributed by atoms with Crippen molar-refractivity contribution in [3.63, 3.8) is 0 Å². The van der Waals surface area contributed by atoms with Crippen molar-refractivity contribution in [2.24, 2.45) is 0 Å². The Balaban J connectivity index is 1.53. The summed E-state index contributed by atoms with van der Waals surface area (Å²) < 4.78 is 4.89. The highest BCUT2D eigenvalue weighted by atomic mass is 35.5. The van der Waals surface area contributed by atoms with E-state index in [1.165, 1.54) is 5.69 Å². The third kappa shape index (κ3) is 3.57. The Labute approximate surface area is 130 Å². The summed E-state index contributed by atoms with van der Waals surface area (Å²) in [5.74, 6) is 0. The topological polar surface area (TPSA) is 32.5 Å². The van der Waals surface area contributed by atoms with Crippen LogP contribution in [0.4, 0.5) is 5.69 Å². The lowest BCUT2D eigenvalue weighted by atomic mass is 10.0. The summed E-state index contributed by atoms with van der Waals surface area (Å²) in [5, 5.41) is 4.77. The molecule has 2 aromatic rings. The van der Waals surface area contributed by atoms with E-state index >= 15 is 0 Å². The van der Waals surface area contributed by atoms with Crippen LogP contribution in [0.15, 0.2) is 41.1 Å². The Morgan fingerprint density at radius 2 is 1.95 bits per heavy atom. The molecule has 0 aliphatic carbocycles. The van der Waals surface area contributed by atoms with Gasteiger partial charge in [0, 0.05) is 42.5 Å². The van der Waals surface area contributed by atoms with Crippen LogP contribution < -0.4 is 4.90 Å². The third-order valence-corrected chi connectivity index (χ3v) is 4.43. The van der Waals surface area contributed by atoms with Gasteiger partial charge in [-0.3, -0.25) is 4.90 Å². The molecule has 1 aliphatic rings. The summed E-state index contributed by atoms with van der Waals surface area (Å²) in [6, 6.07) is 10.6. The SMILES string of the molecule is CN(Cc1ccon1)C1CCN(c2ccc(Cl)cc2)CC1. The molecule has 1 aromatic carbocycles. The third-order valence-electron chi connectivity index (χ3n) is 4.18. The molecule has 0 amide bonds. The molecule has 0 N–H and O–H groups in total. The molecule has 1 aliphatic heterocycles. The molecule has 2 heterocycles. The van der Waals surface area contributed by atoms with Crippen LogP contribution >= 0.6 is 11.6 Å². The minimum Gasteiger partial charge on any atom is -0.371 e.